The molecule has 0 atom stereocenters. The van der Waals surface area contributed by atoms with E-state index in [9.17, 15) is 4.79 Å². The summed E-state index contributed by atoms with van der Waals surface area (Å²) in [7, 11) is 1.67. The molecule has 98 valence electrons. The molecule has 0 aliphatic rings. The molecule has 0 radical (unpaired) electrons. The van der Waals surface area contributed by atoms with Crippen molar-refractivity contribution >= 4 is 5.97 Å². The molecule has 1 aromatic rings. The standard InChI is InChI=1S/C14H19NO3/c1-3-12-9-11(6-7-13(12)18-2)10-15-8-4-5-14(16)17/h4-7,9,15H,3,8,10H2,1-2H3,(H,16,17)/b5-4+. The van der Waals surface area contributed by atoms with Gasteiger partial charge >= 0.3 is 5.97 Å². The molecule has 0 heterocycles. The Morgan fingerprint density at radius 1 is 1.50 bits per heavy atom. The van der Waals surface area contributed by atoms with Crippen molar-refractivity contribution < 1.29 is 14.6 Å². The van der Waals surface area contributed by atoms with Gasteiger partial charge in [-0.25, -0.2) is 4.79 Å². The van der Waals surface area contributed by atoms with Crippen molar-refractivity contribution in [3.8, 4) is 5.75 Å². The van der Waals surface area contributed by atoms with Crippen LogP contribution in [0.4, 0.5) is 0 Å². The molecule has 0 amide bonds. The maximum absolute atomic E-state index is 10.3. The Hall–Kier alpha value is -1.81. The van der Waals surface area contributed by atoms with Crippen LogP contribution in [0.15, 0.2) is 30.4 Å². The number of ether oxygens (including phenoxy) is 1. The highest BCUT2D eigenvalue weighted by atomic mass is 16.5. The normalized spacial score (nSPS) is 10.8. The molecule has 1 rings (SSSR count). The van der Waals surface area contributed by atoms with Gasteiger partial charge in [-0.1, -0.05) is 25.1 Å². The highest BCUT2D eigenvalue weighted by Gasteiger charge is 2.01. The van der Waals surface area contributed by atoms with Gasteiger partial charge in [0.2, 0.25) is 0 Å². The van der Waals surface area contributed by atoms with E-state index in [1.165, 1.54) is 5.56 Å². The second-order valence-electron chi connectivity index (χ2n) is 3.87. The van der Waals surface area contributed by atoms with Crippen molar-refractivity contribution in [2.24, 2.45) is 0 Å². The quantitative estimate of drug-likeness (QED) is 0.573. The maximum atomic E-state index is 10.3. The van der Waals surface area contributed by atoms with Gasteiger partial charge in [0, 0.05) is 19.2 Å². The summed E-state index contributed by atoms with van der Waals surface area (Å²) in [4.78, 5) is 10.3. The van der Waals surface area contributed by atoms with Crippen LogP contribution < -0.4 is 10.1 Å². The Kier molecular flexibility index (Phi) is 5.94. The zero-order valence-corrected chi connectivity index (χ0v) is 10.8. The maximum Gasteiger partial charge on any atom is 0.328 e. The largest absolute Gasteiger partial charge is 0.496 e. The Balaban J connectivity index is 2.50. The van der Waals surface area contributed by atoms with Gasteiger partial charge in [-0.3, -0.25) is 0 Å². The second-order valence-corrected chi connectivity index (χ2v) is 3.87. The van der Waals surface area contributed by atoms with Gasteiger partial charge in [0.25, 0.3) is 0 Å². The summed E-state index contributed by atoms with van der Waals surface area (Å²) >= 11 is 0. The van der Waals surface area contributed by atoms with E-state index in [-0.39, 0.29) is 0 Å². The number of hydrogen-bond acceptors (Lipinski definition) is 3. The topological polar surface area (TPSA) is 58.6 Å². The first kappa shape index (κ1) is 14.3. The van der Waals surface area contributed by atoms with Crippen LogP contribution in [-0.2, 0) is 17.8 Å². The zero-order valence-electron chi connectivity index (χ0n) is 10.8. The predicted molar refractivity (Wildman–Crippen MR) is 70.9 cm³/mol. The lowest BCUT2D eigenvalue weighted by molar-refractivity contribution is -0.131. The van der Waals surface area contributed by atoms with E-state index in [1.54, 1.807) is 13.2 Å². The molecule has 0 spiro atoms. The Labute approximate surface area is 107 Å². The minimum Gasteiger partial charge on any atom is -0.496 e. The third-order valence-corrected chi connectivity index (χ3v) is 2.58. The minimum absolute atomic E-state index is 0.541. The van der Waals surface area contributed by atoms with Crippen LogP contribution in [0.25, 0.3) is 0 Å². The second kappa shape index (κ2) is 7.50. The first-order chi connectivity index (χ1) is 8.67. The number of carboxylic acids is 1. The molecular weight excluding hydrogens is 230 g/mol. The average molecular weight is 249 g/mol. The Bertz CT molecular complexity index is 427. The highest BCUT2D eigenvalue weighted by molar-refractivity contribution is 5.79. The third kappa shape index (κ3) is 4.59. The molecule has 0 aliphatic heterocycles. The molecule has 4 heteroatoms. The van der Waals surface area contributed by atoms with E-state index >= 15 is 0 Å². The zero-order chi connectivity index (χ0) is 13.4. The smallest absolute Gasteiger partial charge is 0.328 e. The van der Waals surface area contributed by atoms with Gasteiger partial charge in [-0.05, 0) is 23.6 Å². The van der Waals surface area contributed by atoms with Gasteiger partial charge in [-0.15, -0.1) is 0 Å². The molecular formula is C14H19NO3. The van der Waals surface area contributed by atoms with Crippen LogP contribution in [0.2, 0.25) is 0 Å². The monoisotopic (exact) mass is 249 g/mol. The van der Waals surface area contributed by atoms with E-state index in [0.29, 0.717) is 13.1 Å². The average Bonchev–Trinajstić information content (AvgIpc) is 2.37. The number of aliphatic carboxylic acids is 1. The van der Waals surface area contributed by atoms with E-state index in [2.05, 4.69) is 18.3 Å². The molecule has 18 heavy (non-hydrogen) atoms. The highest BCUT2D eigenvalue weighted by Crippen LogP contribution is 2.20. The molecule has 0 saturated heterocycles. The van der Waals surface area contributed by atoms with Crippen molar-refractivity contribution in [1.82, 2.24) is 5.32 Å². The lowest BCUT2D eigenvalue weighted by atomic mass is 10.1. The van der Waals surface area contributed by atoms with Gasteiger partial charge in [0.15, 0.2) is 0 Å². The van der Waals surface area contributed by atoms with Gasteiger partial charge in [0.1, 0.15) is 5.75 Å². The van der Waals surface area contributed by atoms with Crippen molar-refractivity contribution in [1.29, 1.82) is 0 Å². The number of aryl methyl sites for hydroxylation is 1. The summed E-state index contributed by atoms with van der Waals surface area (Å²) in [6.07, 6.45) is 3.65. The first-order valence-electron chi connectivity index (χ1n) is 5.93. The summed E-state index contributed by atoms with van der Waals surface area (Å²) in [6.45, 7) is 3.34. The van der Waals surface area contributed by atoms with Crippen LogP contribution in [0.1, 0.15) is 18.1 Å². The lowest BCUT2D eigenvalue weighted by Gasteiger charge is -2.09. The van der Waals surface area contributed by atoms with Crippen molar-refractivity contribution in [3.63, 3.8) is 0 Å². The fourth-order valence-electron chi connectivity index (χ4n) is 1.68. The number of carboxylic acid groups (broad SMARTS) is 1. The predicted octanol–water partition coefficient (Wildman–Crippen LogP) is 1.99. The van der Waals surface area contributed by atoms with Crippen molar-refractivity contribution in [2.45, 2.75) is 19.9 Å². The molecule has 0 saturated carbocycles. The van der Waals surface area contributed by atoms with Crippen LogP contribution in [-0.4, -0.2) is 24.7 Å². The van der Waals surface area contributed by atoms with E-state index < -0.39 is 5.97 Å². The number of nitrogens with one attached hydrogen (secondary N) is 1. The van der Waals surface area contributed by atoms with Crippen LogP contribution >= 0.6 is 0 Å². The number of benzene rings is 1. The number of rotatable bonds is 7. The summed E-state index contributed by atoms with van der Waals surface area (Å²) in [5, 5.41) is 11.6. The van der Waals surface area contributed by atoms with E-state index in [0.717, 1.165) is 23.8 Å². The lowest BCUT2D eigenvalue weighted by Crippen LogP contribution is -2.13. The third-order valence-electron chi connectivity index (χ3n) is 2.58. The van der Waals surface area contributed by atoms with Crippen LogP contribution in [0.3, 0.4) is 0 Å². The van der Waals surface area contributed by atoms with Gasteiger partial charge in [0.05, 0.1) is 7.11 Å². The Morgan fingerprint density at radius 3 is 2.89 bits per heavy atom. The molecule has 2 N–H and O–H groups in total. The molecule has 0 aromatic heterocycles. The number of carbonyl (C=O) groups is 1. The van der Waals surface area contributed by atoms with E-state index in [1.807, 2.05) is 12.1 Å². The molecule has 0 unspecified atom stereocenters. The van der Waals surface area contributed by atoms with Crippen LogP contribution in [0.5, 0.6) is 5.75 Å². The van der Waals surface area contributed by atoms with Gasteiger partial charge < -0.3 is 15.2 Å². The summed E-state index contributed by atoms with van der Waals surface area (Å²) < 4.78 is 5.26. The molecule has 0 bridgehead atoms. The Morgan fingerprint density at radius 2 is 2.28 bits per heavy atom. The van der Waals surface area contributed by atoms with Crippen LogP contribution in [0, 0.1) is 0 Å². The SMILES string of the molecule is CCc1cc(CNC/C=C/C(=O)O)ccc1OC. The summed E-state index contributed by atoms with van der Waals surface area (Å²) in [5.74, 6) is -0.0125. The number of hydrogen-bond donors (Lipinski definition) is 2. The van der Waals surface area contributed by atoms with Crippen molar-refractivity contribution in [2.75, 3.05) is 13.7 Å². The van der Waals surface area contributed by atoms with Crippen molar-refractivity contribution in [3.05, 3.63) is 41.5 Å². The van der Waals surface area contributed by atoms with Gasteiger partial charge in [-0.2, -0.15) is 0 Å². The summed E-state index contributed by atoms with van der Waals surface area (Å²) in [5.41, 5.74) is 2.34. The molecule has 4 nitrogen and oxygen atoms in total. The fraction of sp³-hybridized carbons (Fsp3) is 0.357. The van der Waals surface area contributed by atoms with E-state index in [4.69, 9.17) is 9.84 Å². The molecule has 1 aromatic carbocycles. The number of methoxy groups -OCH3 is 1. The fourth-order valence-corrected chi connectivity index (χ4v) is 1.68. The molecule has 0 aliphatic carbocycles. The molecule has 0 fully saturated rings. The first-order valence-corrected chi connectivity index (χ1v) is 5.93. The summed E-state index contributed by atoms with van der Waals surface area (Å²) in [6, 6.07) is 6.07. The minimum atomic E-state index is -0.922.